The summed E-state index contributed by atoms with van der Waals surface area (Å²) in [5, 5.41) is 0. The fourth-order valence-corrected chi connectivity index (χ4v) is 9.82. The molecule has 53 heavy (non-hydrogen) atoms. The van der Waals surface area contributed by atoms with E-state index in [-0.39, 0.29) is 10.8 Å². The Bertz CT molecular complexity index is 1600. The van der Waals surface area contributed by atoms with Crippen molar-refractivity contribution in [1.82, 2.24) is 9.80 Å². The molecule has 8 rings (SSSR count). The number of nitrogens with zero attached hydrogens (tertiary/aromatic N) is 4. The van der Waals surface area contributed by atoms with Gasteiger partial charge >= 0.3 is 0 Å². The summed E-state index contributed by atoms with van der Waals surface area (Å²) in [6.45, 7) is 23.4. The topological polar surface area (TPSA) is 40.2 Å². The van der Waals surface area contributed by atoms with Gasteiger partial charge in [-0.05, 0) is 109 Å². The van der Waals surface area contributed by atoms with Crippen molar-refractivity contribution >= 4 is 11.7 Å². The van der Waals surface area contributed by atoms with Gasteiger partial charge in [0.25, 0.3) is 0 Å². The van der Waals surface area contributed by atoms with Crippen LogP contribution in [0, 0.1) is 0 Å². The molecule has 2 aromatic carbocycles. The summed E-state index contributed by atoms with van der Waals surface area (Å²) in [5.41, 5.74) is 7.37. The van der Waals surface area contributed by atoms with Crippen molar-refractivity contribution in [3.05, 3.63) is 57.6 Å². The Kier molecular flexibility index (Phi) is 10.6. The zero-order chi connectivity index (χ0) is 36.7. The molecule has 6 aliphatic rings. The number of aryl methyl sites for hydroxylation is 2. The second kappa shape index (κ2) is 15.2. The van der Waals surface area contributed by atoms with Crippen LogP contribution in [0.4, 0.5) is 0 Å². The van der Waals surface area contributed by atoms with Crippen LogP contribution in [-0.4, -0.2) is 83.0 Å². The minimum atomic E-state index is -0.467. The largest absolute Gasteiger partial charge is 0.459 e. The number of ether oxygens (including phenoxy) is 3. The summed E-state index contributed by atoms with van der Waals surface area (Å²) in [6.07, 6.45) is 16.4. The third kappa shape index (κ3) is 7.89. The zero-order valence-electron chi connectivity index (χ0n) is 34.0. The van der Waals surface area contributed by atoms with E-state index in [9.17, 15) is 0 Å². The second-order valence-corrected chi connectivity index (χ2v) is 19.0. The fourth-order valence-electron chi connectivity index (χ4n) is 9.82. The summed E-state index contributed by atoms with van der Waals surface area (Å²) in [6, 6.07) is 9.47. The zero-order valence-corrected chi connectivity index (χ0v) is 34.0. The van der Waals surface area contributed by atoms with Crippen LogP contribution < -0.4 is 9.47 Å². The molecule has 7 heteroatoms. The van der Waals surface area contributed by atoms with E-state index in [0.717, 1.165) is 61.4 Å². The van der Waals surface area contributed by atoms with Gasteiger partial charge in [-0.2, -0.15) is 0 Å². The molecule has 0 fully saturated rings. The Hall–Kier alpha value is -3.06. The number of amidine groups is 2. The summed E-state index contributed by atoms with van der Waals surface area (Å²) in [5.74, 6) is 5.19. The molecular formula is C46H68N4O3+2. The van der Waals surface area contributed by atoms with Gasteiger partial charge in [-0.25, -0.2) is 0 Å². The van der Waals surface area contributed by atoms with Gasteiger partial charge in [0.2, 0.25) is 24.3 Å². The predicted octanol–water partition coefficient (Wildman–Crippen LogP) is 9.03. The second-order valence-electron chi connectivity index (χ2n) is 19.0. The van der Waals surface area contributed by atoms with Crippen molar-refractivity contribution in [3.63, 3.8) is 0 Å². The summed E-state index contributed by atoms with van der Waals surface area (Å²) in [7, 11) is 0. The molecule has 2 unspecified atom stereocenters. The molecule has 0 saturated heterocycles. The fraction of sp³-hybridized carbons (Fsp3) is 0.696. The highest BCUT2D eigenvalue weighted by Crippen LogP contribution is 2.52. The third-order valence-corrected chi connectivity index (χ3v) is 12.9. The van der Waals surface area contributed by atoms with E-state index < -0.39 is 12.6 Å². The molecule has 6 aliphatic heterocycles. The smallest absolute Gasteiger partial charge is 0.246 e. The van der Waals surface area contributed by atoms with E-state index in [2.05, 4.69) is 84.8 Å². The molecular weight excluding hydrogens is 657 g/mol. The van der Waals surface area contributed by atoms with Gasteiger partial charge in [-0.15, -0.1) is 0 Å². The summed E-state index contributed by atoms with van der Waals surface area (Å²) < 4.78 is 26.1. The molecule has 0 spiro atoms. The SMILES string of the molecule is CC(C)(C)c1cc(CCCN2CCC[N+]3=C2CCCCC3)c2c(c1)C1Oc3c(CCCN4CCC[N+]5=C4CCCCC5)cc(C(C)(C)C)cc3C(O2)O1. The van der Waals surface area contributed by atoms with Gasteiger partial charge in [-0.3, -0.25) is 23.7 Å². The van der Waals surface area contributed by atoms with Gasteiger partial charge in [0.1, 0.15) is 11.5 Å². The monoisotopic (exact) mass is 725 g/mol. The lowest BCUT2D eigenvalue weighted by atomic mass is 9.83. The molecule has 288 valence electrons. The standard InChI is InChI=1S/C46H68N4O3/c1-45(2,3)35-29-33(17-13-23-49-27-15-25-47-21-11-7-9-19-39(47)49)41-37(31-35)43-52-42-34(30-36(46(4,5)6)32-38(42)44(51-41)53-43)18-14-24-50-28-16-26-48-22-12-8-10-20-40(48)50/h29-32,43-44H,7-28H2,1-6H3/q+2. The number of rotatable bonds is 8. The van der Waals surface area contributed by atoms with Gasteiger partial charge in [0.15, 0.2) is 0 Å². The van der Waals surface area contributed by atoms with Crippen molar-refractivity contribution in [1.29, 1.82) is 0 Å². The van der Waals surface area contributed by atoms with E-state index in [0.29, 0.717) is 0 Å². The Morgan fingerprint density at radius 1 is 0.566 bits per heavy atom. The summed E-state index contributed by atoms with van der Waals surface area (Å²) >= 11 is 0. The molecule has 2 aromatic rings. The van der Waals surface area contributed by atoms with Crippen LogP contribution in [0.3, 0.4) is 0 Å². The van der Waals surface area contributed by atoms with Gasteiger partial charge in [0.05, 0.1) is 63.5 Å². The lowest BCUT2D eigenvalue weighted by Crippen LogP contribution is -2.44. The highest BCUT2D eigenvalue weighted by molar-refractivity contribution is 5.78. The number of hydrogen-bond acceptors (Lipinski definition) is 5. The van der Waals surface area contributed by atoms with Crippen molar-refractivity contribution in [3.8, 4) is 11.5 Å². The maximum Gasteiger partial charge on any atom is 0.246 e. The minimum Gasteiger partial charge on any atom is -0.459 e. The van der Waals surface area contributed by atoms with Crippen LogP contribution in [0.5, 0.6) is 11.5 Å². The first kappa shape index (κ1) is 36.9. The first-order valence-corrected chi connectivity index (χ1v) is 21.6. The Balaban J connectivity index is 1.05. The molecule has 0 radical (unpaired) electrons. The highest BCUT2D eigenvalue weighted by atomic mass is 16.8. The lowest BCUT2D eigenvalue weighted by Gasteiger charge is -2.41. The minimum absolute atomic E-state index is 0.00291. The maximum absolute atomic E-state index is 7.02. The van der Waals surface area contributed by atoms with Crippen LogP contribution in [-0.2, 0) is 28.4 Å². The average Bonchev–Trinajstić information content (AvgIpc) is 3.53. The molecule has 2 bridgehead atoms. The van der Waals surface area contributed by atoms with Gasteiger partial charge in [0, 0.05) is 25.7 Å². The highest BCUT2D eigenvalue weighted by Gasteiger charge is 2.42. The number of benzene rings is 2. The van der Waals surface area contributed by atoms with Crippen molar-refractivity contribution in [2.75, 3.05) is 52.4 Å². The van der Waals surface area contributed by atoms with Crippen LogP contribution in [0.25, 0.3) is 0 Å². The number of hydrogen-bond donors (Lipinski definition) is 0. The quantitative estimate of drug-likeness (QED) is 0.254. The maximum atomic E-state index is 7.02. The van der Waals surface area contributed by atoms with E-state index in [4.69, 9.17) is 14.2 Å². The third-order valence-electron chi connectivity index (χ3n) is 12.9. The van der Waals surface area contributed by atoms with Crippen molar-refractivity contribution in [2.45, 2.75) is 155 Å². The van der Waals surface area contributed by atoms with Crippen LogP contribution in [0.1, 0.15) is 165 Å². The van der Waals surface area contributed by atoms with E-state index in [1.54, 1.807) is 11.7 Å². The molecule has 0 aromatic heterocycles. The summed E-state index contributed by atoms with van der Waals surface area (Å²) in [4.78, 5) is 5.41. The molecule has 0 aliphatic carbocycles. The Labute approximate surface area is 320 Å². The first-order chi connectivity index (χ1) is 25.5. The molecule has 2 atom stereocenters. The van der Waals surface area contributed by atoms with Crippen LogP contribution in [0.15, 0.2) is 24.3 Å². The molecule has 0 saturated carbocycles. The van der Waals surface area contributed by atoms with E-state index >= 15 is 0 Å². The first-order valence-electron chi connectivity index (χ1n) is 21.6. The van der Waals surface area contributed by atoms with Crippen LogP contribution >= 0.6 is 0 Å². The van der Waals surface area contributed by atoms with Crippen molar-refractivity contribution < 1.29 is 23.4 Å². The van der Waals surface area contributed by atoms with Crippen molar-refractivity contribution in [2.24, 2.45) is 0 Å². The molecule has 0 amide bonds. The Morgan fingerprint density at radius 3 is 1.43 bits per heavy atom. The van der Waals surface area contributed by atoms with Gasteiger partial charge in [-0.1, -0.05) is 53.7 Å². The molecule has 7 nitrogen and oxygen atoms in total. The Morgan fingerprint density at radius 2 is 1.00 bits per heavy atom. The molecule has 6 heterocycles. The lowest BCUT2D eigenvalue weighted by molar-refractivity contribution is -0.539. The van der Waals surface area contributed by atoms with Gasteiger partial charge < -0.3 is 9.47 Å². The predicted molar refractivity (Wildman–Crippen MR) is 214 cm³/mol. The number of fused-ring (bicyclic) bond motifs is 6. The average molecular weight is 725 g/mol. The van der Waals surface area contributed by atoms with E-state index in [1.165, 1.54) is 126 Å². The normalized spacial score (nSPS) is 23.3. The van der Waals surface area contributed by atoms with Crippen LogP contribution in [0.2, 0.25) is 0 Å². The van der Waals surface area contributed by atoms with E-state index in [1.807, 2.05) is 0 Å². The molecule has 0 N–H and O–H groups in total.